The van der Waals surface area contributed by atoms with Crippen molar-refractivity contribution in [2.24, 2.45) is 0 Å². The Bertz CT molecular complexity index is 1130. The molecule has 1 amide bonds. The Kier molecular flexibility index (Phi) is 5.49. The number of benzene rings is 2. The highest BCUT2D eigenvalue weighted by Gasteiger charge is 2.22. The Labute approximate surface area is 164 Å². The van der Waals surface area contributed by atoms with Crippen molar-refractivity contribution in [3.63, 3.8) is 0 Å². The minimum Gasteiger partial charge on any atom is -0.449 e. The quantitative estimate of drug-likeness (QED) is 0.398. The second-order valence-corrected chi connectivity index (χ2v) is 6.29. The monoisotopic (exact) mass is 397 g/mol. The molecule has 1 aromatic heterocycles. The highest BCUT2D eigenvalue weighted by Crippen LogP contribution is 2.22. The molecule has 8 nitrogen and oxygen atoms in total. The van der Waals surface area contributed by atoms with Crippen molar-refractivity contribution in [2.75, 3.05) is 5.32 Å². The van der Waals surface area contributed by atoms with E-state index in [2.05, 4.69) is 10.3 Å². The number of para-hydroxylation sites is 1. The van der Waals surface area contributed by atoms with Crippen molar-refractivity contribution in [1.29, 1.82) is 0 Å². The molecule has 1 N–H and O–H groups in total. The van der Waals surface area contributed by atoms with Gasteiger partial charge < -0.3 is 10.1 Å². The number of carbonyl (C=O) groups is 2. The number of ether oxygens (including phenoxy) is 1. The lowest BCUT2D eigenvalue weighted by Gasteiger charge is -2.14. The summed E-state index contributed by atoms with van der Waals surface area (Å²) in [7, 11) is 0. The summed E-state index contributed by atoms with van der Waals surface area (Å²) in [6, 6.07) is 11.5. The minimum atomic E-state index is -1.20. The standard InChI is InChI=1S/C20H16FN3O5/c1-11-9-15(14-5-3-4-6-17(14)22-11)20(26)29-12(2)19(25)23-13-7-8-16(21)18(10-13)24(27)28/h3-10,12H,1-2H3,(H,23,25)/t12-/m1/s1. The number of aromatic nitrogens is 1. The molecule has 0 saturated heterocycles. The summed E-state index contributed by atoms with van der Waals surface area (Å²) >= 11 is 0. The molecule has 3 aromatic rings. The predicted octanol–water partition coefficient (Wildman–Crippen LogP) is 3.77. The van der Waals surface area contributed by atoms with Crippen LogP contribution in [0.3, 0.4) is 0 Å². The first kappa shape index (κ1) is 19.9. The molecule has 1 heterocycles. The van der Waals surface area contributed by atoms with Crippen molar-refractivity contribution < 1.29 is 23.6 Å². The van der Waals surface area contributed by atoms with Crippen LogP contribution in [-0.4, -0.2) is 27.9 Å². The second-order valence-electron chi connectivity index (χ2n) is 6.29. The highest BCUT2D eigenvalue weighted by atomic mass is 19.1. The Morgan fingerprint density at radius 3 is 2.66 bits per heavy atom. The number of fused-ring (bicyclic) bond motifs is 1. The van der Waals surface area contributed by atoms with Crippen molar-refractivity contribution in [3.05, 3.63) is 75.7 Å². The number of carbonyl (C=O) groups excluding carboxylic acids is 2. The number of rotatable bonds is 5. The average Bonchev–Trinajstić information content (AvgIpc) is 2.68. The van der Waals surface area contributed by atoms with Gasteiger partial charge in [-0.3, -0.25) is 19.9 Å². The first-order chi connectivity index (χ1) is 13.8. The molecule has 0 spiro atoms. The Hall–Kier alpha value is -3.88. The number of nitrogens with zero attached hydrogens (tertiary/aromatic N) is 2. The summed E-state index contributed by atoms with van der Waals surface area (Å²) in [5.74, 6) is -2.44. The van der Waals surface area contributed by atoms with E-state index in [9.17, 15) is 24.1 Å². The molecule has 0 fully saturated rings. The zero-order valence-corrected chi connectivity index (χ0v) is 15.5. The van der Waals surface area contributed by atoms with Gasteiger partial charge in [0.15, 0.2) is 6.10 Å². The molecule has 0 aliphatic rings. The summed E-state index contributed by atoms with van der Waals surface area (Å²) in [5.41, 5.74) is 0.745. The lowest BCUT2D eigenvalue weighted by molar-refractivity contribution is -0.387. The second kappa shape index (κ2) is 8.01. The van der Waals surface area contributed by atoms with E-state index in [0.29, 0.717) is 16.6 Å². The summed E-state index contributed by atoms with van der Waals surface area (Å²) < 4.78 is 18.7. The first-order valence-electron chi connectivity index (χ1n) is 8.58. The maximum Gasteiger partial charge on any atom is 0.339 e. The Morgan fingerprint density at radius 2 is 1.93 bits per heavy atom. The normalized spacial score (nSPS) is 11.7. The van der Waals surface area contributed by atoms with Crippen molar-refractivity contribution >= 4 is 34.2 Å². The van der Waals surface area contributed by atoms with E-state index in [-0.39, 0.29) is 11.3 Å². The first-order valence-corrected chi connectivity index (χ1v) is 8.58. The number of halogens is 1. The number of amides is 1. The van der Waals surface area contributed by atoms with Gasteiger partial charge in [0.2, 0.25) is 5.82 Å². The van der Waals surface area contributed by atoms with E-state index in [1.54, 1.807) is 37.3 Å². The van der Waals surface area contributed by atoms with Gasteiger partial charge in [0.1, 0.15) is 0 Å². The molecular weight excluding hydrogens is 381 g/mol. The third-order valence-electron chi connectivity index (χ3n) is 4.13. The SMILES string of the molecule is Cc1cc(C(=O)O[C@H](C)C(=O)Nc2ccc(F)c([N+](=O)[O-])c2)c2ccccc2n1. The lowest BCUT2D eigenvalue weighted by Crippen LogP contribution is -2.30. The van der Waals surface area contributed by atoms with Gasteiger partial charge in [-0.15, -0.1) is 0 Å². The highest BCUT2D eigenvalue weighted by molar-refractivity contribution is 6.05. The molecule has 0 unspecified atom stereocenters. The van der Waals surface area contributed by atoms with E-state index < -0.39 is 34.4 Å². The van der Waals surface area contributed by atoms with Gasteiger partial charge in [0.25, 0.3) is 5.91 Å². The number of nitro benzene ring substituents is 1. The molecule has 2 aromatic carbocycles. The van der Waals surface area contributed by atoms with Crippen molar-refractivity contribution in [2.45, 2.75) is 20.0 Å². The fraction of sp³-hybridized carbons (Fsp3) is 0.150. The topological polar surface area (TPSA) is 111 Å². The van der Waals surface area contributed by atoms with Gasteiger partial charge in [-0.1, -0.05) is 18.2 Å². The summed E-state index contributed by atoms with van der Waals surface area (Å²) in [6.45, 7) is 3.10. The van der Waals surface area contributed by atoms with E-state index >= 15 is 0 Å². The number of aryl methyl sites for hydroxylation is 1. The summed E-state index contributed by atoms with van der Waals surface area (Å²) in [5, 5.41) is 13.8. The third kappa shape index (κ3) is 4.34. The fourth-order valence-electron chi connectivity index (χ4n) is 2.73. The number of nitro groups is 1. The van der Waals surface area contributed by atoms with Gasteiger partial charge in [0.05, 0.1) is 16.0 Å². The number of pyridine rings is 1. The van der Waals surface area contributed by atoms with Crippen LogP contribution in [-0.2, 0) is 9.53 Å². The molecule has 148 valence electrons. The van der Waals surface area contributed by atoms with Crippen LogP contribution in [0.1, 0.15) is 23.0 Å². The molecule has 0 aliphatic heterocycles. The lowest BCUT2D eigenvalue weighted by atomic mass is 10.1. The van der Waals surface area contributed by atoms with Gasteiger partial charge in [-0.05, 0) is 38.1 Å². The molecule has 0 aliphatic carbocycles. The maximum atomic E-state index is 13.4. The van der Waals surface area contributed by atoms with Crippen molar-refractivity contribution in [3.8, 4) is 0 Å². The number of nitrogens with one attached hydrogen (secondary N) is 1. The number of hydrogen-bond acceptors (Lipinski definition) is 6. The van der Waals surface area contributed by atoms with Crippen LogP contribution >= 0.6 is 0 Å². The van der Waals surface area contributed by atoms with Crippen molar-refractivity contribution in [1.82, 2.24) is 4.98 Å². The fourth-order valence-corrected chi connectivity index (χ4v) is 2.73. The zero-order chi connectivity index (χ0) is 21.1. The molecular formula is C20H16FN3O5. The maximum absolute atomic E-state index is 13.4. The van der Waals surface area contributed by atoms with Gasteiger partial charge in [0, 0.05) is 22.8 Å². The van der Waals surface area contributed by atoms with Crippen LogP contribution in [0.15, 0.2) is 48.5 Å². The summed E-state index contributed by atoms with van der Waals surface area (Å²) in [6.07, 6.45) is -1.20. The predicted molar refractivity (Wildman–Crippen MR) is 103 cm³/mol. The van der Waals surface area contributed by atoms with Crippen LogP contribution < -0.4 is 5.32 Å². The average molecular weight is 397 g/mol. The summed E-state index contributed by atoms with van der Waals surface area (Å²) in [4.78, 5) is 39.2. The van der Waals surface area contributed by atoms with Gasteiger partial charge in [-0.25, -0.2) is 4.79 Å². The van der Waals surface area contributed by atoms with Gasteiger partial charge >= 0.3 is 11.7 Å². The van der Waals surface area contributed by atoms with E-state index in [1.165, 1.54) is 13.0 Å². The van der Waals surface area contributed by atoms with E-state index in [4.69, 9.17) is 4.74 Å². The number of hydrogen-bond donors (Lipinski definition) is 1. The number of anilines is 1. The smallest absolute Gasteiger partial charge is 0.339 e. The molecule has 0 bridgehead atoms. The molecule has 3 rings (SSSR count). The van der Waals surface area contributed by atoms with Gasteiger partial charge in [-0.2, -0.15) is 4.39 Å². The van der Waals surface area contributed by atoms with E-state index in [0.717, 1.165) is 12.1 Å². The zero-order valence-electron chi connectivity index (χ0n) is 15.5. The van der Waals surface area contributed by atoms with Crippen LogP contribution in [0.2, 0.25) is 0 Å². The Morgan fingerprint density at radius 1 is 1.21 bits per heavy atom. The minimum absolute atomic E-state index is 0.0104. The Balaban J connectivity index is 1.76. The molecule has 9 heteroatoms. The van der Waals surface area contributed by atoms with E-state index in [1.807, 2.05) is 0 Å². The van der Waals surface area contributed by atoms with Crippen LogP contribution in [0.5, 0.6) is 0 Å². The van der Waals surface area contributed by atoms with Crippen LogP contribution in [0.25, 0.3) is 10.9 Å². The molecule has 0 radical (unpaired) electrons. The van der Waals surface area contributed by atoms with Crippen LogP contribution in [0, 0.1) is 22.9 Å². The molecule has 1 atom stereocenters. The largest absolute Gasteiger partial charge is 0.449 e. The molecule has 0 saturated carbocycles. The third-order valence-corrected chi connectivity index (χ3v) is 4.13. The number of esters is 1. The van der Waals surface area contributed by atoms with Crippen LogP contribution in [0.4, 0.5) is 15.8 Å². The molecule has 29 heavy (non-hydrogen) atoms.